The maximum absolute atomic E-state index is 12.0. The van der Waals surface area contributed by atoms with Crippen LogP contribution in [0.4, 0.5) is 5.69 Å². The van der Waals surface area contributed by atoms with E-state index >= 15 is 0 Å². The summed E-state index contributed by atoms with van der Waals surface area (Å²) in [4.78, 5) is 23.3. The Bertz CT molecular complexity index is 823. The molecule has 0 aliphatic rings. The number of aryl methyl sites for hydroxylation is 1. The molecule has 0 fully saturated rings. The van der Waals surface area contributed by atoms with Gasteiger partial charge in [-0.25, -0.2) is 0 Å². The first kappa shape index (κ1) is 19.0. The summed E-state index contributed by atoms with van der Waals surface area (Å²) in [6, 6.07) is 14.6. The highest BCUT2D eigenvalue weighted by Gasteiger charge is 2.07. The van der Waals surface area contributed by atoms with Gasteiger partial charge in [0.05, 0.1) is 6.07 Å². The van der Waals surface area contributed by atoms with Crippen molar-refractivity contribution in [1.82, 2.24) is 5.32 Å². The first-order chi connectivity index (χ1) is 12.5. The number of amides is 2. The number of anilines is 1. The van der Waals surface area contributed by atoms with Gasteiger partial charge in [-0.1, -0.05) is 24.3 Å². The number of nitriles is 1. The van der Waals surface area contributed by atoms with Crippen LogP contribution in [0.2, 0.25) is 0 Å². The van der Waals surface area contributed by atoms with E-state index in [1.807, 2.05) is 32.0 Å². The molecule has 6 heteroatoms. The monoisotopic (exact) mass is 351 g/mol. The molecule has 2 aromatic carbocycles. The van der Waals surface area contributed by atoms with E-state index in [1.165, 1.54) is 0 Å². The second kappa shape index (κ2) is 9.23. The largest absolute Gasteiger partial charge is 0.483 e. The molecule has 2 aromatic rings. The molecule has 2 rings (SSSR count). The molecule has 0 unspecified atom stereocenters. The van der Waals surface area contributed by atoms with Crippen LogP contribution in [0.3, 0.4) is 0 Å². The van der Waals surface area contributed by atoms with E-state index in [4.69, 9.17) is 10.00 Å². The third-order valence-electron chi connectivity index (χ3n) is 3.88. The van der Waals surface area contributed by atoms with Crippen molar-refractivity contribution in [3.8, 4) is 11.8 Å². The molecule has 0 spiro atoms. The molecule has 2 N–H and O–H groups in total. The highest BCUT2D eigenvalue weighted by Crippen LogP contribution is 2.20. The van der Waals surface area contributed by atoms with Gasteiger partial charge in [-0.05, 0) is 48.7 Å². The SMILES string of the molecule is Cc1cccc(OCC(=O)Nc2ccc(CNC(=O)CC#N)cc2)c1C. The molecule has 2 amide bonds. The Balaban J connectivity index is 1.82. The van der Waals surface area contributed by atoms with Crippen molar-refractivity contribution in [2.24, 2.45) is 0 Å². The fourth-order valence-corrected chi connectivity index (χ4v) is 2.26. The van der Waals surface area contributed by atoms with Crippen LogP contribution in [0.1, 0.15) is 23.1 Å². The first-order valence-corrected chi connectivity index (χ1v) is 8.21. The molecule has 0 radical (unpaired) electrons. The summed E-state index contributed by atoms with van der Waals surface area (Å²) in [7, 11) is 0. The Morgan fingerprint density at radius 3 is 2.50 bits per heavy atom. The standard InChI is InChI=1S/C20H21N3O3/c1-14-4-3-5-18(15(14)2)26-13-20(25)23-17-8-6-16(7-9-17)12-22-19(24)10-11-21/h3-9H,10,12-13H2,1-2H3,(H,22,24)(H,23,25). The van der Waals surface area contributed by atoms with Gasteiger partial charge < -0.3 is 15.4 Å². The van der Waals surface area contributed by atoms with Crippen LogP contribution in [0.15, 0.2) is 42.5 Å². The van der Waals surface area contributed by atoms with Gasteiger partial charge in [0.15, 0.2) is 6.61 Å². The van der Waals surface area contributed by atoms with E-state index < -0.39 is 0 Å². The summed E-state index contributed by atoms with van der Waals surface area (Å²) in [5, 5.41) is 13.8. The molecular weight excluding hydrogens is 330 g/mol. The van der Waals surface area contributed by atoms with Crippen molar-refractivity contribution in [2.45, 2.75) is 26.8 Å². The Morgan fingerprint density at radius 2 is 1.81 bits per heavy atom. The Labute approximate surface area is 152 Å². The van der Waals surface area contributed by atoms with Crippen LogP contribution < -0.4 is 15.4 Å². The Kier molecular flexibility index (Phi) is 6.75. The van der Waals surface area contributed by atoms with Crippen LogP contribution >= 0.6 is 0 Å². The van der Waals surface area contributed by atoms with Crippen LogP contribution in [0, 0.1) is 25.2 Å². The Hall–Kier alpha value is -3.33. The van der Waals surface area contributed by atoms with E-state index in [0.717, 1.165) is 16.7 Å². The van der Waals surface area contributed by atoms with E-state index in [9.17, 15) is 9.59 Å². The van der Waals surface area contributed by atoms with Crippen molar-refractivity contribution < 1.29 is 14.3 Å². The van der Waals surface area contributed by atoms with Crippen molar-refractivity contribution in [2.75, 3.05) is 11.9 Å². The number of hydrogen-bond acceptors (Lipinski definition) is 4. The van der Waals surface area contributed by atoms with Gasteiger partial charge in [0.1, 0.15) is 12.2 Å². The number of carbonyl (C=O) groups is 2. The van der Waals surface area contributed by atoms with Gasteiger partial charge in [0.25, 0.3) is 5.91 Å². The summed E-state index contributed by atoms with van der Waals surface area (Å²) in [6.45, 7) is 4.21. The molecule has 0 heterocycles. The number of rotatable bonds is 7. The number of carbonyl (C=O) groups excluding carboxylic acids is 2. The van der Waals surface area contributed by atoms with E-state index in [2.05, 4.69) is 10.6 Å². The van der Waals surface area contributed by atoms with Gasteiger partial charge in [-0.2, -0.15) is 5.26 Å². The van der Waals surface area contributed by atoms with Gasteiger partial charge in [-0.15, -0.1) is 0 Å². The zero-order valence-electron chi connectivity index (χ0n) is 14.8. The van der Waals surface area contributed by atoms with Crippen LogP contribution in [0.25, 0.3) is 0 Å². The lowest BCUT2D eigenvalue weighted by Crippen LogP contribution is -2.22. The zero-order valence-corrected chi connectivity index (χ0v) is 14.8. The fraction of sp³-hybridized carbons (Fsp3) is 0.250. The molecule has 0 aliphatic carbocycles. The van der Waals surface area contributed by atoms with E-state index in [1.54, 1.807) is 30.3 Å². The fourth-order valence-electron chi connectivity index (χ4n) is 2.26. The smallest absolute Gasteiger partial charge is 0.262 e. The van der Waals surface area contributed by atoms with E-state index in [-0.39, 0.29) is 24.8 Å². The summed E-state index contributed by atoms with van der Waals surface area (Å²) < 4.78 is 5.58. The molecule has 0 atom stereocenters. The molecule has 0 aromatic heterocycles. The molecule has 134 valence electrons. The second-order valence-corrected chi connectivity index (χ2v) is 5.84. The lowest BCUT2D eigenvalue weighted by molar-refractivity contribution is -0.120. The molecular formula is C20H21N3O3. The summed E-state index contributed by atoms with van der Waals surface area (Å²) in [5.74, 6) is 0.137. The maximum atomic E-state index is 12.0. The maximum Gasteiger partial charge on any atom is 0.262 e. The molecule has 0 saturated carbocycles. The van der Waals surface area contributed by atoms with Crippen LogP contribution in [-0.4, -0.2) is 18.4 Å². The summed E-state index contributed by atoms with van der Waals surface area (Å²) >= 11 is 0. The van der Waals surface area contributed by atoms with Gasteiger partial charge in [-0.3, -0.25) is 9.59 Å². The number of nitrogens with zero attached hydrogens (tertiary/aromatic N) is 1. The predicted molar refractivity (Wildman–Crippen MR) is 98.6 cm³/mol. The first-order valence-electron chi connectivity index (χ1n) is 8.21. The topological polar surface area (TPSA) is 91.2 Å². The lowest BCUT2D eigenvalue weighted by atomic mass is 10.1. The molecule has 6 nitrogen and oxygen atoms in total. The third-order valence-corrected chi connectivity index (χ3v) is 3.88. The molecule has 26 heavy (non-hydrogen) atoms. The second-order valence-electron chi connectivity index (χ2n) is 5.84. The van der Waals surface area contributed by atoms with Crippen LogP contribution in [-0.2, 0) is 16.1 Å². The Morgan fingerprint density at radius 1 is 1.08 bits per heavy atom. The highest BCUT2D eigenvalue weighted by atomic mass is 16.5. The predicted octanol–water partition coefficient (Wildman–Crippen LogP) is 2.85. The third kappa shape index (κ3) is 5.64. The average molecular weight is 351 g/mol. The minimum absolute atomic E-state index is 0.0732. The number of benzene rings is 2. The van der Waals surface area contributed by atoms with Crippen LogP contribution in [0.5, 0.6) is 5.75 Å². The van der Waals surface area contributed by atoms with Gasteiger partial charge in [0, 0.05) is 12.2 Å². The summed E-state index contributed by atoms with van der Waals surface area (Å²) in [5.41, 5.74) is 3.65. The normalized spacial score (nSPS) is 9.88. The molecule has 0 saturated heterocycles. The minimum atomic E-state index is -0.312. The highest BCUT2D eigenvalue weighted by molar-refractivity contribution is 5.91. The quantitative estimate of drug-likeness (QED) is 0.802. The van der Waals surface area contributed by atoms with Gasteiger partial charge in [0.2, 0.25) is 5.91 Å². The average Bonchev–Trinajstić information content (AvgIpc) is 2.62. The zero-order chi connectivity index (χ0) is 18.9. The molecule has 0 bridgehead atoms. The van der Waals surface area contributed by atoms with Crippen molar-refractivity contribution in [1.29, 1.82) is 5.26 Å². The number of hydrogen-bond donors (Lipinski definition) is 2. The van der Waals surface area contributed by atoms with Gasteiger partial charge >= 0.3 is 0 Å². The lowest BCUT2D eigenvalue weighted by Gasteiger charge is -2.11. The van der Waals surface area contributed by atoms with E-state index in [0.29, 0.717) is 18.0 Å². The van der Waals surface area contributed by atoms with Crippen molar-refractivity contribution in [3.63, 3.8) is 0 Å². The minimum Gasteiger partial charge on any atom is -0.483 e. The van der Waals surface area contributed by atoms with Crippen molar-refractivity contribution >= 4 is 17.5 Å². The van der Waals surface area contributed by atoms with Crippen molar-refractivity contribution in [3.05, 3.63) is 59.2 Å². The summed E-state index contributed by atoms with van der Waals surface area (Å²) in [6.07, 6.45) is -0.158. The molecule has 0 aliphatic heterocycles. The number of nitrogens with one attached hydrogen (secondary N) is 2. The number of ether oxygens (including phenoxy) is 1.